The van der Waals surface area contributed by atoms with Gasteiger partial charge in [-0.25, -0.2) is 0 Å². The Kier molecular flexibility index (Phi) is 4.28. The van der Waals surface area contributed by atoms with Crippen molar-refractivity contribution in [2.75, 3.05) is 13.7 Å². The molecule has 1 saturated heterocycles. The standard InChI is InChI=1S/C17H22N2O/c1-18-16(10-9-14-7-4-12-20-14)15-8-2-5-13-6-3-11-19-17(13)15/h2-3,5-6,8,11,14,16,18H,4,7,9-10,12H2,1H3. The minimum absolute atomic E-state index is 0.345. The van der Waals surface area contributed by atoms with Crippen LogP contribution in [0.5, 0.6) is 0 Å². The van der Waals surface area contributed by atoms with Gasteiger partial charge in [-0.15, -0.1) is 0 Å². The van der Waals surface area contributed by atoms with Gasteiger partial charge in [-0.3, -0.25) is 4.98 Å². The van der Waals surface area contributed by atoms with Crippen LogP contribution >= 0.6 is 0 Å². The Balaban J connectivity index is 1.79. The molecule has 2 atom stereocenters. The molecule has 0 radical (unpaired) electrons. The van der Waals surface area contributed by atoms with Gasteiger partial charge in [0.2, 0.25) is 0 Å². The summed E-state index contributed by atoms with van der Waals surface area (Å²) in [4.78, 5) is 4.56. The van der Waals surface area contributed by atoms with E-state index in [1.54, 1.807) is 0 Å². The van der Waals surface area contributed by atoms with Gasteiger partial charge in [0.1, 0.15) is 0 Å². The topological polar surface area (TPSA) is 34.1 Å². The second-order valence-corrected chi connectivity index (χ2v) is 5.48. The summed E-state index contributed by atoms with van der Waals surface area (Å²) in [5, 5.41) is 4.65. The second-order valence-electron chi connectivity index (χ2n) is 5.48. The van der Waals surface area contributed by atoms with E-state index in [-0.39, 0.29) is 0 Å². The summed E-state index contributed by atoms with van der Waals surface area (Å²) < 4.78 is 5.73. The van der Waals surface area contributed by atoms with Crippen LogP contribution < -0.4 is 5.32 Å². The van der Waals surface area contributed by atoms with Gasteiger partial charge in [-0.1, -0.05) is 24.3 Å². The number of hydrogen-bond acceptors (Lipinski definition) is 3. The Hall–Kier alpha value is -1.45. The minimum atomic E-state index is 0.345. The van der Waals surface area contributed by atoms with Crippen molar-refractivity contribution in [3.05, 3.63) is 42.1 Å². The van der Waals surface area contributed by atoms with E-state index in [0.29, 0.717) is 12.1 Å². The summed E-state index contributed by atoms with van der Waals surface area (Å²) in [6, 6.07) is 10.9. The molecule has 0 amide bonds. The highest BCUT2D eigenvalue weighted by molar-refractivity contribution is 5.81. The molecule has 1 aromatic carbocycles. The lowest BCUT2D eigenvalue weighted by Crippen LogP contribution is -2.19. The lowest BCUT2D eigenvalue weighted by molar-refractivity contribution is 0.0999. The Morgan fingerprint density at radius 1 is 1.35 bits per heavy atom. The molecule has 1 aromatic heterocycles. The van der Waals surface area contributed by atoms with E-state index in [2.05, 4.69) is 34.6 Å². The highest BCUT2D eigenvalue weighted by atomic mass is 16.5. The molecule has 2 aromatic rings. The monoisotopic (exact) mass is 270 g/mol. The van der Waals surface area contributed by atoms with E-state index in [4.69, 9.17) is 4.74 Å². The van der Waals surface area contributed by atoms with Crippen molar-refractivity contribution >= 4 is 10.9 Å². The van der Waals surface area contributed by atoms with Gasteiger partial charge in [0, 0.05) is 24.2 Å². The first-order chi connectivity index (χ1) is 9.88. The number of hydrogen-bond donors (Lipinski definition) is 1. The molecule has 106 valence electrons. The molecule has 3 heteroatoms. The molecule has 3 nitrogen and oxygen atoms in total. The van der Waals surface area contributed by atoms with E-state index in [1.807, 2.05) is 19.3 Å². The van der Waals surface area contributed by atoms with Crippen LogP contribution in [0.1, 0.15) is 37.3 Å². The summed E-state index contributed by atoms with van der Waals surface area (Å²) in [5.41, 5.74) is 2.41. The molecule has 0 bridgehead atoms. The lowest BCUT2D eigenvalue weighted by Gasteiger charge is -2.20. The van der Waals surface area contributed by atoms with Gasteiger partial charge in [0.15, 0.2) is 0 Å². The number of benzene rings is 1. The van der Waals surface area contributed by atoms with Gasteiger partial charge in [0.05, 0.1) is 11.6 Å². The molecular weight excluding hydrogens is 248 g/mol. The van der Waals surface area contributed by atoms with Crippen LogP contribution in [-0.2, 0) is 4.74 Å². The zero-order valence-electron chi connectivity index (χ0n) is 12.0. The van der Waals surface area contributed by atoms with Crippen molar-refractivity contribution in [3.8, 4) is 0 Å². The Bertz CT molecular complexity index is 558. The van der Waals surface area contributed by atoms with E-state index >= 15 is 0 Å². The maximum absolute atomic E-state index is 5.73. The van der Waals surface area contributed by atoms with E-state index in [9.17, 15) is 0 Å². The van der Waals surface area contributed by atoms with Gasteiger partial charge < -0.3 is 10.1 Å². The molecule has 1 aliphatic rings. The van der Waals surface area contributed by atoms with Crippen molar-refractivity contribution in [2.45, 2.75) is 37.8 Å². The average molecular weight is 270 g/mol. The van der Waals surface area contributed by atoms with Crippen LogP contribution in [-0.4, -0.2) is 24.7 Å². The van der Waals surface area contributed by atoms with Crippen molar-refractivity contribution in [2.24, 2.45) is 0 Å². The summed E-state index contributed by atoms with van der Waals surface area (Å²) in [6.45, 7) is 0.935. The molecule has 1 N–H and O–H groups in total. The predicted molar refractivity (Wildman–Crippen MR) is 81.8 cm³/mol. The number of para-hydroxylation sites is 1. The highest BCUT2D eigenvalue weighted by Crippen LogP contribution is 2.27. The molecule has 0 aliphatic carbocycles. The summed E-state index contributed by atoms with van der Waals surface area (Å²) in [6.07, 6.45) is 6.97. The first kappa shape index (κ1) is 13.5. The van der Waals surface area contributed by atoms with Crippen LogP contribution in [0, 0.1) is 0 Å². The molecule has 0 saturated carbocycles. The fraction of sp³-hybridized carbons (Fsp3) is 0.471. The van der Waals surface area contributed by atoms with Crippen LogP contribution in [0.15, 0.2) is 36.5 Å². The first-order valence-corrected chi connectivity index (χ1v) is 7.51. The molecule has 2 unspecified atom stereocenters. The zero-order valence-corrected chi connectivity index (χ0v) is 12.0. The molecule has 20 heavy (non-hydrogen) atoms. The van der Waals surface area contributed by atoms with Gasteiger partial charge >= 0.3 is 0 Å². The third-order valence-electron chi connectivity index (χ3n) is 4.19. The molecule has 2 heterocycles. The molecule has 1 fully saturated rings. The molecular formula is C17H22N2O. The van der Waals surface area contributed by atoms with E-state index in [0.717, 1.165) is 25.0 Å². The molecule has 3 rings (SSSR count). The van der Waals surface area contributed by atoms with E-state index in [1.165, 1.54) is 23.8 Å². The summed E-state index contributed by atoms with van der Waals surface area (Å²) >= 11 is 0. The second kappa shape index (κ2) is 6.33. The van der Waals surface area contributed by atoms with Crippen molar-refractivity contribution < 1.29 is 4.74 Å². The van der Waals surface area contributed by atoms with Crippen LogP contribution in [0.2, 0.25) is 0 Å². The van der Waals surface area contributed by atoms with Crippen LogP contribution in [0.3, 0.4) is 0 Å². The fourth-order valence-corrected chi connectivity index (χ4v) is 3.09. The lowest BCUT2D eigenvalue weighted by atomic mass is 9.97. The smallest absolute Gasteiger partial charge is 0.0749 e. The third kappa shape index (κ3) is 2.84. The third-order valence-corrected chi connectivity index (χ3v) is 4.19. The van der Waals surface area contributed by atoms with Crippen molar-refractivity contribution in [1.82, 2.24) is 10.3 Å². The number of nitrogens with zero attached hydrogens (tertiary/aromatic N) is 1. The van der Waals surface area contributed by atoms with Gasteiger partial charge in [-0.05, 0) is 44.4 Å². The number of fused-ring (bicyclic) bond motifs is 1. The quantitative estimate of drug-likeness (QED) is 0.903. The maximum Gasteiger partial charge on any atom is 0.0749 e. The van der Waals surface area contributed by atoms with Gasteiger partial charge in [-0.2, -0.15) is 0 Å². The number of aromatic nitrogens is 1. The summed E-state index contributed by atoms with van der Waals surface area (Å²) in [5.74, 6) is 0. The van der Waals surface area contributed by atoms with Crippen LogP contribution in [0.25, 0.3) is 10.9 Å². The fourth-order valence-electron chi connectivity index (χ4n) is 3.09. The Labute approximate surface area is 120 Å². The number of rotatable bonds is 5. The molecule has 1 aliphatic heterocycles. The maximum atomic E-state index is 5.73. The van der Waals surface area contributed by atoms with Crippen LogP contribution in [0.4, 0.5) is 0 Å². The van der Waals surface area contributed by atoms with Crippen molar-refractivity contribution in [3.63, 3.8) is 0 Å². The first-order valence-electron chi connectivity index (χ1n) is 7.51. The predicted octanol–water partition coefficient (Wildman–Crippen LogP) is 3.45. The number of nitrogens with one attached hydrogen (secondary N) is 1. The Morgan fingerprint density at radius 2 is 2.25 bits per heavy atom. The normalized spacial score (nSPS) is 20.4. The SMILES string of the molecule is CNC(CCC1CCCO1)c1cccc2cccnc12. The Morgan fingerprint density at radius 3 is 3.05 bits per heavy atom. The number of ether oxygens (including phenoxy) is 1. The zero-order chi connectivity index (χ0) is 13.8. The minimum Gasteiger partial charge on any atom is -0.378 e. The largest absolute Gasteiger partial charge is 0.378 e. The molecule has 0 spiro atoms. The average Bonchev–Trinajstić information content (AvgIpc) is 3.01. The summed E-state index contributed by atoms with van der Waals surface area (Å²) in [7, 11) is 2.03. The van der Waals surface area contributed by atoms with Crippen molar-refractivity contribution in [1.29, 1.82) is 0 Å². The van der Waals surface area contributed by atoms with Gasteiger partial charge in [0.25, 0.3) is 0 Å². The van der Waals surface area contributed by atoms with E-state index < -0.39 is 0 Å². The highest BCUT2D eigenvalue weighted by Gasteiger charge is 2.19. The number of pyridine rings is 1.